The summed E-state index contributed by atoms with van der Waals surface area (Å²) in [5.74, 6) is -4.24. The second-order valence-corrected chi connectivity index (χ2v) is 7.60. The normalized spacial score (nSPS) is 12.2. The third-order valence-electron chi connectivity index (χ3n) is 3.42. The molecule has 0 spiro atoms. The Kier molecular flexibility index (Phi) is 5.80. The van der Waals surface area contributed by atoms with Gasteiger partial charge < -0.3 is 20.0 Å². The fourth-order valence-corrected chi connectivity index (χ4v) is 3.85. The molecule has 0 unspecified atom stereocenters. The molecular weight excluding hydrogens is 470 g/mol. The van der Waals surface area contributed by atoms with Crippen LogP contribution in [0.2, 0.25) is 4.34 Å². The molecule has 142 valence electrons. The van der Waals surface area contributed by atoms with Gasteiger partial charge in [-0.2, -0.15) is 0 Å². The minimum atomic E-state index is -1.29. The fourth-order valence-electron chi connectivity index (χ4n) is 2.22. The van der Waals surface area contributed by atoms with Crippen LogP contribution in [0.1, 0.15) is 22.4 Å². The lowest BCUT2D eigenvalue weighted by Crippen LogP contribution is -2.18. The average molecular weight is 480 g/mol. The van der Waals surface area contributed by atoms with Crippen LogP contribution in [-0.2, 0) is 0 Å². The lowest BCUT2D eigenvalue weighted by atomic mass is 10.1. The van der Waals surface area contributed by atoms with Crippen LogP contribution in [0.5, 0.6) is 5.75 Å². The molecule has 0 saturated carbocycles. The van der Waals surface area contributed by atoms with Crippen LogP contribution in [0, 0.1) is 11.6 Å². The highest BCUT2D eigenvalue weighted by Gasteiger charge is 2.26. The van der Waals surface area contributed by atoms with Crippen LogP contribution in [0.3, 0.4) is 0 Å². The number of halogens is 4. The number of primary amides is 1. The zero-order valence-electron chi connectivity index (χ0n) is 13.2. The maximum atomic E-state index is 14.3. The van der Waals surface area contributed by atoms with E-state index in [1.54, 1.807) is 12.1 Å². The van der Waals surface area contributed by atoms with Crippen LogP contribution in [0.15, 0.2) is 33.4 Å². The maximum absolute atomic E-state index is 14.3. The number of hydrogen-bond donors (Lipinski definition) is 2. The van der Waals surface area contributed by atoms with Crippen molar-refractivity contribution in [3.8, 4) is 16.3 Å². The second-order valence-electron chi connectivity index (χ2n) is 5.17. The number of nitrogens with zero attached hydrogens (tertiary/aromatic N) is 1. The summed E-state index contributed by atoms with van der Waals surface area (Å²) in [5, 5.41) is 9.59. The van der Waals surface area contributed by atoms with E-state index in [4.69, 9.17) is 26.5 Å². The Balaban J connectivity index is 1.93. The number of carbonyl (C=O) groups is 1. The number of ether oxygens (including phenoxy) is 1. The Hall–Kier alpha value is -2.01. The van der Waals surface area contributed by atoms with Gasteiger partial charge in [0.2, 0.25) is 5.89 Å². The molecule has 0 aliphatic heterocycles. The summed E-state index contributed by atoms with van der Waals surface area (Å²) >= 11 is 10.4. The van der Waals surface area contributed by atoms with Crippen molar-refractivity contribution in [3.63, 3.8) is 0 Å². The number of thiophene rings is 1. The largest absolute Gasteiger partial charge is 0.475 e. The highest BCUT2D eigenvalue weighted by molar-refractivity contribution is 9.10. The van der Waals surface area contributed by atoms with Crippen LogP contribution in [-0.4, -0.2) is 22.6 Å². The standard InChI is InChI=1S/C16H10BrClF2N2O4S/c17-14-13(9-3-4-10(18)27-9)22-16(26-14)8(5-23)25-7-2-1-6(19)11(12(7)20)15(21)24/h1-4,8,23H,5H2,(H2,21,24)/t8-/m1/s1. The van der Waals surface area contributed by atoms with Gasteiger partial charge in [0.1, 0.15) is 17.1 Å². The number of carbonyl (C=O) groups excluding carboxylic acids is 1. The van der Waals surface area contributed by atoms with Crippen molar-refractivity contribution in [2.45, 2.75) is 6.10 Å². The van der Waals surface area contributed by atoms with Crippen LogP contribution >= 0.6 is 38.9 Å². The summed E-state index contributed by atoms with van der Waals surface area (Å²) in [6, 6.07) is 5.21. The van der Waals surface area contributed by atoms with E-state index in [1.165, 1.54) is 11.3 Å². The molecule has 0 fully saturated rings. The van der Waals surface area contributed by atoms with E-state index in [2.05, 4.69) is 20.9 Å². The van der Waals surface area contributed by atoms with Crippen molar-refractivity contribution in [2.75, 3.05) is 6.61 Å². The molecule has 3 N–H and O–H groups in total. The molecule has 2 heterocycles. The van der Waals surface area contributed by atoms with Crippen molar-refractivity contribution >= 4 is 44.8 Å². The fraction of sp³-hybridized carbons (Fsp3) is 0.125. The molecule has 0 aliphatic rings. The van der Waals surface area contributed by atoms with Gasteiger partial charge in [-0.05, 0) is 40.2 Å². The minimum Gasteiger partial charge on any atom is -0.475 e. The molecule has 1 aromatic carbocycles. The third-order valence-corrected chi connectivity index (χ3v) is 5.20. The molecule has 2 aromatic heterocycles. The topological polar surface area (TPSA) is 98.6 Å². The predicted molar refractivity (Wildman–Crippen MR) is 97.9 cm³/mol. The molecule has 1 amide bonds. The van der Waals surface area contributed by atoms with E-state index >= 15 is 0 Å². The number of aliphatic hydroxyl groups is 1. The Bertz CT molecular complexity index is 1010. The number of amides is 1. The first-order valence-corrected chi connectivity index (χ1v) is 9.27. The molecule has 3 rings (SSSR count). The molecule has 6 nitrogen and oxygen atoms in total. The highest BCUT2D eigenvalue weighted by Crippen LogP contribution is 2.37. The van der Waals surface area contributed by atoms with E-state index in [1.807, 2.05) is 0 Å². The zero-order chi connectivity index (χ0) is 19.7. The molecule has 3 aromatic rings. The summed E-state index contributed by atoms with van der Waals surface area (Å²) in [6.07, 6.45) is -1.22. The monoisotopic (exact) mass is 478 g/mol. The predicted octanol–water partition coefficient (Wildman–Crippen LogP) is 4.31. The molecule has 27 heavy (non-hydrogen) atoms. The SMILES string of the molecule is NC(=O)c1c(F)ccc(O[C@H](CO)c2nc(-c3ccc(Cl)s3)c(Br)o2)c1F. The summed E-state index contributed by atoms with van der Waals surface area (Å²) in [6.45, 7) is -0.625. The van der Waals surface area contributed by atoms with Gasteiger partial charge >= 0.3 is 0 Å². The molecular formula is C16H10BrClF2N2O4S. The summed E-state index contributed by atoms with van der Waals surface area (Å²) < 4.78 is 39.5. The van der Waals surface area contributed by atoms with Gasteiger partial charge in [-0.1, -0.05) is 11.6 Å². The second kappa shape index (κ2) is 7.93. The van der Waals surface area contributed by atoms with Gasteiger partial charge in [0.15, 0.2) is 22.3 Å². The van der Waals surface area contributed by atoms with E-state index in [0.29, 0.717) is 14.9 Å². The zero-order valence-corrected chi connectivity index (χ0v) is 16.4. The van der Waals surface area contributed by atoms with Gasteiger partial charge in [-0.15, -0.1) is 11.3 Å². The quantitative estimate of drug-likeness (QED) is 0.549. The van der Waals surface area contributed by atoms with Crippen molar-refractivity contribution < 1.29 is 27.8 Å². The molecule has 0 aliphatic carbocycles. The lowest BCUT2D eigenvalue weighted by molar-refractivity contribution is 0.0880. The highest BCUT2D eigenvalue weighted by atomic mass is 79.9. The van der Waals surface area contributed by atoms with Crippen molar-refractivity contribution in [3.05, 3.63) is 56.4 Å². The van der Waals surface area contributed by atoms with Gasteiger partial charge in [0.05, 0.1) is 15.8 Å². The Morgan fingerprint density at radius 2 is 2.15 bits per heavy atom. The minimum absolute atomic E-state index is 0.0618. The van der Waals surface area contributed by atoms with Crippen LogP contribution in [0.25, 0.3) is 10.6 Å². The number of rotatable bonds is 6. The Morgan fingerprint density at radius 1 is 1.41 bits per heavy atom. The Morgan fingerprint density at radius 3 is 2.74 bits per heavy atom. The number of oxazole rings is 1. The number of hydrogen-bond acceptors (Lipinski definition) is 6. The molecule has 0 radical (unpaired) electrons. The van der Waals surface area contributed by atoms with Crippen molar-refractivity contribution in [1.29, 1.82) is 0 Å². The van der Waals surface area contributed by atoms with Gasteiger partial charge in [-0.3, -0.25) is 4.79 Å². The number of aliphatic hydroxyl groups excluding tert-OH is 1. The average Bonchev–Trinajstić information content (AvgIpc) is 3.19. The number of aromatic nitrogens is 1. The number of nitrogens with two attached hydrogens (primary N) is 1. The first kappa shape index (κ1) is 19.7. The molecule has 1 atom stereocenters. The maximum Gasteiger partial charge on any atom is 0.254 e. The lowest BCUT2D eigenvalue weighted by Gasteiger charge is -2.15. The molecule has 0 saturated heterocycles. The molecule has 0 bridgehead atoms. The third kappa shape index (κ3) is 3.98. The van der Waals surface area contributed by atoms with E-state index < -0.39 is 41.6 Å². The van der Waals surface area contributed by atoms with E-state index in [9.17, 15) is 18.7 Å². The van der Waals surface area contributed by atoms with Gasteiger partial charge in [-0.25, -0.2) is 13.8 Å². The van der Waals surface area contributed by atoms with Gasteiger partial charge in [0.25, 0.3) is 5.91 Å². The Labute approximate surface area is 168 Å². The van der Waals surface area contributed by atoms with Crippen LogP contribution in [0.4, 0.5) is 8.78 Å². The first-order valence-electron chi connectivity index (χ1n) is 7.29. The number of benzene rings is 1. The summed E-state index contributed by atoms with van der Waals surface area (Å²) in [4.78, 5) is 16.1. The van der Waals surface area contributed by atoms with Crippen LogP contribution < -0.4 is 10.5 Å². The first-order chi connectivity index (χ1) is 12.8. The van der Waals surface area contributed by atoms with E-state index in [-0.39, 0.29) is 10.6 Å². The summed E-state index contributed by atoms with van der Waals surface area (Å²) in [5.41, 5.74) is 4.46. The van der Waals surface area contributed by atoms with Gasteiger partial charge in [0, 0.05) is 0 Å². The van der Waals surface area contributed by atoms with Crippen molar-refractivity contribution in [2.24, 2.45) is 5.73 Å². The smallest absolute Gasteiger partial charge is 0.254 e. The summed E-state index contributed by atoms with van der Waals surface area (Å²) in [7, 11) is 0. The van der Waals surface area contributed by atoms with Crippen molar-refractivity contribution in [1.82, 2.24) is 4.98 Å². The van der Waals surface area contributed by atoms with E-state index in [0.717, 1.165) is 12.1 Å². The molecule has 11 heteroatoms.